The van der Waals surface area contributed by atoms with Crippen molar-refractivity contribution in [3.63, 3.8) is 0 Å². The molecular formula is C14H14N2OS2. The van der Waals surface area contributed by atoms with Crippen LogP contribution in [0.5, 0.6) is 0 Å². The molecule has 1 aromatic heterocycles. The Morgan fingerprint density at radius 1 is 1.32 bits per heavy atom. The Labute approximate surface area is 120 Å². The van der Waals surface area contributed by atoms with Crippen molar-refractivity contribution in [2.45, 2.75) is 10.6 Å². The number of nitrogens with two attached hydrogens (primary N) is 1. The smallest absolute Gasteiger partial charge is 0.256 e. The molecule has 2 aromatic rings. The predicted octanol–water partition coefficient (Wildman–Crippen LogP) is 3.30. The molecule has 3 rings (SSSR count). The number of thiophene rings is 1. The highest BCUT2D eigenvalue weighted by molar-refractivity contribution is 7.98. The van der Waals surface area contributed by atoms with Gasteiger partial charge in [-0.05, 0) is 11.6 Å². The summed E-state index contributed by atoms with van der Waals surface area (Å²) in [5.74, 6) is 0.874. The molecule has 5 heteroatoms. The van der Waals surface area contributed by atoms with Crippen LogP contribution in [-0.4, -0.2) is 24.9 Å². The van der Waals surface area contributed by atoms with Crippen LogP contribution in [0.4, 0.5) is 5.00 Å². The summed E-state index contributed by atoms with van der Waals surface area (Å²) in [6, 6.07) is 8.20. The first kappa shape index (κ1) is 12.6. The second-order valence-corrected chi connectivity index (χ2v) is 6.78. The van der Waals surface area contributed by atoms with E-state index in [-0.39, 0.29) is 5.91 Å². The van der Waals surface area contributed by atoms with E-state index >= 15 is 0 Å². The third-order valence-electron chi connectivity index (χ3n) is 3.14. The number of carbonyl (C=O) groups is 1. The fraction of sp³-hybridized carbons (Fsp3) is 0.214. The van der Waals surface area contributed by atoms with Crippen LogP contribution in [-0.2, 0) is 5.75 Å². The Hall–Kier alpha value is -1.46. The zero-order valence-corrected chi connectivity index (χ0v) is 12.4. The zero-order chi connectivity index (χ0) is 13.6. The molecular weight excluding hydrogens is 276 g/mol. The molecule has 1 aliphatic heterocycles. The number of thioether (sulfide) groups is 1. The minimum Gasteiger partial charge on any atom is -0.390 e. The van der Waals surface area contributed by atoms with E-state index in [4.69, 9.17) is 5.73 Å². The van der Waals surface area contributed by atoms with Crippen molar-refractivity contribution in [1.82, 2.24) is 4.90 Å². The SMILES string of the molecule is CN(C)C(=O)c1c(N)sc2c1-c1ccccc1SC2. The summed E-state index contributed by atoms with van der Waals surface area (Å²) in [6.45, 7) is 0. The fourth-order valence-corrected chi connectivity index (χ4v) is 4.48. The summed E-state index contributed by atoms with van der Waals surface area (Å²) in [5.41, 5.74) is 8.91. The lowest BCUT2D eigenvalue weighted by atomic mass is 10.0. The van der Waals surface area contributed by atoms with Crippen molar-refractivity contribution in [2.24, 2.45) is 0 Å². The monoisotopic (exact) mass is 290 g/mol. The van der Waals surface area contributed by atoms with Gasteiger partial charge >= 0.3 is 0 Å². The van der Waals surface area contributed by atoms with Crippen molar-refractivity contribution in [3.8, 4) is 11.1 Å². The number of nitrogen functional groups attached to an aromatic ring is 1. The maximum Gasteiger partial charge on any atom is 0.256 e. The van der Waals surface area contributed by atoms with E-state index in [2.05, 4.69) is 12.1 Å². The molecule has 1 aliphatic rings. The molecule has 0 saturated carbocycles. The molecule has 0 unspecified atom stereocenters. The Morgan fingerprint density at radius 3 is 2.79 bits per heavy atom. The van der Waals surface area contributed by atoms with E-state index in [1.54, 1.807) is 30.8 Å². The normalized spacial score (nSPS) is 12.7. The molecule has 3 nitrogen and oxygen atoms in total. The Balaban J connectivity index is 2.26. The van der Waals surface area contributed by atoms with Crippen molar-refractivity contribution in [3.05, 3.63) is 34.7 Å². The van der Waals surface area contributed by atoms with E-state index in [0.29, 0.717) is 10.6 Å². The van der Waals surface area contributed by atoms with Crippen LogP contribution in [0.25, 0.3) is 11.1 Å². The highest BCUT2D eigenvalue weighted by atomic mass is 32.2. The highest BCUT2D eigenvalue weighted by Crippen LogP contribution is 2.48. The van der Waals surface area contributed by atoms with Gasteiger partial charge in [-0.3, -0.25) is 4.79 Å². The molecule has 0 radical (unpaired) electrons. The average Bonchev–Trinajstić information content (AvgIpc) is 2.74. The number of carbonyl (C=O) groups excluding carboxylic acids is 1. The van der Waals surface area contributed by atoms with Gasteiger partial charge in [-0.25, -0.2) is 0 Å². The maximum atomic E-state index is 12.4. The van der Waals surface area contributed by atoms with E-state index < -0.39 is 0 Å². The number of hydrogen-bond acceptors (Lipinski definition) is 4. The molecule has 0 fully saturated rings. The predicted molar refractivity (Wildman–Crippen MR) is 81.7 cm³/mol. The fourth-order valence-electron chi connectivity index (χ4n) is 2.26. The third kappa shape index (κ3) is 1.93. The van der Waals surface area contributed by atoms with Crippen LogP contribution in [0.1, 0.15) is 15.2 Å². The minimum atomic E-state index is -0.0169. The number of amides is 1. The molecule has 19 heavy (non-hydrogen) atoms. The number of rotatable bonds is 1. The van der Waals surface area contributed by atoms with E-state index in [0.717, 1.165) is 16.9 Å². The number of anilines is 1. The molecule has 1 amide bonds. The standard InChI is InChI=1S/C14H14N2OS2/c1-16(2)14(17)12-11-8-5-3-4-6-9(8)18-7-10(11)19-13(12)15/h3-6H,7,15H2,1-2H3. The summed E-state index contributed by atoms with van der Waals surface area (Å²) in [7, 11) is 3.52. The molecule has 2 heterocycles. The second-order valence-electron chi connectivity index (χ2n) is 4.62. The maximum absolute atomic E-state index is 12.4. The van der Waals surface area contributed by atoms with Gasteiger partial charge in [0.05, 0.1) is 10.6 Å². The first-order chi connectivity index (χ1) is 9.09. The molecule has 0 spiro atoms. The zero-order valence-electron chi connectivity index (χ0n) is 10.8. The van der Waals surface area contributed by atoms with Crippen LogP contribution in [0, 0.1) is 0 Å². The quantitative estimate of drug-likeness (QED) is 0.876. The number of fused-ring (bicyclic) bond motifs is 3. The summed E-state index contributed by atoms with van der Waals surface area (Å²) in [5, 5.41) is 0.626. The highest BCUT2D eigenvalue weighted by Gasteiger charge is 2.28. The lowest BCUT2D eigenvalue weighted by Gasteiger charge is -2.18. The molecule has 1 aromatic carbocycles. The van der Waals surface area contributed by atoms with E-state index in [9.17, 15) is 4.79 Å². The number of hydrogen-bond donors (Lipinski definition) is 1. The van der Waals surface area contributed by atoms with Crippen LogP contribution in [0.2, 0.25) is 0 Å². The third-order valence-corrected chi connectivity index (χ3v) is 5.45. The van der Waals surface area contributed by atoms with Crippen LogP contribution in [0.15, 0.2) is 29.2 Å². The van der Waals surface area contributed by atoms with E-state index in [1.807, 2.05) is 12.1 Å². The Bertz CT molecular complexity index is 661. The molecule has 0 saturated heterocycles. The summed E-state index contributed by atoms with van der Waals surface area (Å²) in [6.07, 6.45) is 0. The molecule has 0 bridgehead atoms. The summed E-state index contributed by atoms with van der Waals surface area (Å²) in [4.78, 5) is 16.4. The molecule has 98 valence electrons. The number of benzene rings is 1. The summed E-state index contributed by atoms with van der Waals surface area (Å²) >= 11 is 3.34. The number of nitrogens with zero attached hydrogens (tertiary/aromatic N) is 1. The average molecular weight is 290 g/mol. The van der Waals surface area contributed by atoms with Crippen molar-refractivity contribution in [2.75, 3.05) is 19.8 Å². The van der Waals surface area contributed by atoms with Crippen molar-refractivity contribution in [1.29, 1.82) is 0 Å². The van der Waals surface area contributed by atoms with Gasteiger partial charge in [0, 0.05) is 35.2 Å². The first-order valence-corrected chi connectivity index (χ1v) is 7.74. The Morgan fingerprint density at radius 2 is 2.05 bits per heavy atom. The van der Waals surface area contributed by atoms with Gasteiger partial charge in [0.15, 0.2) is 0 Å². The van der Waals surface area contributed by atoms with Gasteiger partial charge in [-0.2, -0.15) is 0 Å². The topological polar surface area (TPSA) is 46.3 Å². The van der Waals surface area contributed by atoms with Gasteiger partial charge in [-0.1, -0.05) is 18.2 Å². The lowest BCUT2D eigenvalue weighted by molar-refractivity contribution is 0.0829. The first-order valence-electron chi connectivity index (χ1n) is 5.94. The molecule has 0 atom stereocenters. The van der Waals surface area contributed by atoms with Crippen molar-refractivity contribution >= 4 is 34.0 Å². The largest absolute Gasteiger partial charge is 0.390 e. The van der Waals surface area contributed by atoms with Gasteiger partial charge in [0.2, 0.25) is 0 Å². The summed E-state index contributed by atoms with van der Waals surface area (Å²) < 4.78 is 0. The van der Waals surface area contributed by atoms with Crippen LogP contribution < -0.4 is 5.73 Å². The van der Waals surface area contributed by atoms with Crippen LogP contribution >= 0.6 is 23.1 Å². The van der Waals surface area contributed by atoms with E-state index in [1.165, 1.54) is 21.1 Å². The van der Waals surface area contributed by atoms with Gasteiger partial charge in [-0.15, -0.1) is 23.1 Å². The molecule has 0 aliphatic carbocycles. The van der Waals surface area contributed by atoms with Crippen molar-refractivity contribution < 1.29 is 4.79 Å². The second kappa shape index (κ2) is 4.58. The van der Waals surface area contributed by atoms with Crippen LogP contribution in [0.3, 0.4) is 0 Å². The van der Waals surface area contributed by atoms with Gasteiger partial charge < -0.3 is 10.6 Å². The molecule has 2 N–H and O–H groups in total. The van der Waals surface area contributed by atoms with Gasteiger partial charge in [0.1, 0.15) is 0 Å². The minimum absolute atomic E-state index is 0.0169. The Kier molecular flexibility index (Phi) is 3.03. The lowest BCUT2D eigenvalue weighted by Crippen LogP contribution is -2.22. The van der Waals surface area contributed by atoms with Gasteiger partial charge in [0.25, 0.3) is 5.91 Å².